The Morgan fingerprint density at radius 3 is 2.53 bits per heavy atom. The van der Waals surface area contributed by atoms with E-state index in [1.807, 2.05) is 30.3 Å². The van der Waals surface area contributed by atoms with Gasteiger partial charge in [0.05, 0.1) is 6.10 Å². The molecule has 0 saturated carbocycles. The number of benzene rings is 1. The SMILES string of the molecule is O=C(O)C=CC(Cc1ccccc1)C(O)CCl. The number of hydrogen-bond donors (Lipinski definition) is 2. The maximum Gasteiger partial charge on any atom is 0.327 e. The van der Waals surface area contributed by atoms with Crippen LogP contribution in [0.3, 0.4) is 0 Å². The summed E-state index contributed by atoms with van der Waals surface area (Å²) in [6.45, 7) is 0. The maximum absolute atomic E-state index is 10.5. The molecule has 2 N–H and O–H groups in total. The van der Waals surface area contributed by atoms with Gasteiger partial charge in [0.25, 0.3) is 0 Å². The van der Waals surface area contributed by atoms with Crippen LogP contribution < -0.4 is 0 Å². The van der Waals surface area contributed by atoms with Gasteiger partial charge in [-0.3, -0.25) is 0 Å². The van der Waals surface area contributed by atoms with Crippen LogP contribution in [0.4, 0.5) is 0 Å². The van der Waals surface area contributed by atoms with Crippen molar-refractivity contribution in [3.8, 4) is 0 Å². The van der Waals surface area contributed by atoms with Gasteiger partial charge in [-0.05, 0) is 12.0 Å². The maximum atomic E-state index is 10.5. The third-order valence-electron chi connectivity index (χ3n) is 2.45. The van der Waals surface area contributed by atoms with Gasteiger partial charge in [-0.2, -0.15) is 0 Å². The number of alkyl halides is 1. The van der Waals surface area contributed by atoms with E-state index in [2.05, 4.69) is 0 Å². The van der Waals surface area contributed by atoms with Crippen LogP contribution in [0.15, 0.2) is 42.5 Å². The predicted molar refractivity (Wildman–Crippen MR) is 67.1 cm³/mol. The number of hydrogen-bond acceptors (Lipinski definition) is 2. The lowest BCUT2D eigenvalue weighted by Crippen LogP contribution is -2.22. The number of aliphatic hydroxyl groups excluding tert-OH is 1. The van der Waals surface area contributed by atoms with Gasteiger partial charge >= 0.3 is 5.97 Å². The average Bonchev–Trinajstić information content (AvgIpc) is 2.34. The lowest BCUT2D eigenvalue weighted by Gasteiger charge is -2.17. The molecule has 0 saturated heterocycles. The number of halogens is 1. The van der Waals surface area contributed by atoms with Gasteiger partial charge in [0, 0.05) is 17.9 Å². The molecule has 0 bridgehead atoms. The molecule has 0 aliphatic heterocycles. The van der Waals surface area contributed by atoms with Crippen LogP contribution >= 0.6 is 11.6 Å². The second-order valence-electron chi connectivity index (χ2n) is 3.77. The molecule has 0 aliphatic carbocycles. The summed E-state index contributed by atoms with van der Waals surface area (Å²) in [7, 11) is 0. The summed E-state index contributed by atoms with van der Waals surface area (Å²) < 4.78 is 0. The second-order valence-corrected chi connectivity index (χ2v) is 4.08. The van der Waals surface area contributed by atoms with E-state index in [4.69, 9.17) is 16.7 Å². The van der Waals surface area contributed by atoms with Gasteiger partial charge < -0.3 is 10.2 Å². The second kappa shape index (κ2) is 7.09. The third-order valence-corrected chi connectivity index (χ3v) is 2.77. The monoisotopic (exact) mass is 254 g/mol. The molecule has 1 rings (SSSR count). The molecule has 0 aromatic heterocycles. The number of rotatable bonds is 6. The standard InChI is InChI=1S/C13H15ClO3/c14-9-12(15)11(6-7-13(16)17)8-10-4-2-1-3-5-10/h1-7,11-12,15H,8-9H2,(H,16,17). The Bertz CT molecular complexity index is 376. The summed E-state index contributed by atoms with van der Waals surface area (Å²) in [4.78, 5) is 10.5. The molecule has 0 aliphatic rings. The van der Waals surface area contributed by atoms with Crippen LogP contribution in [0.2, 0.25) is 0 Å². The first-order valence-electron chi connectivity index (χ1n) is 5.32. The fraction of sp³-hybridized carbons (Fsp3) is 0.308. The van der Waals surface area contributed by atoms with Crippen LogP contribution in [0.25, 0.3) is 0 Å². The predicted octanol–water partition coefficient (Wildman–Crippen LogP) is 2.09. The van der Waals surface area contributed by atoms with E-state index in [9.17, 15) is 9.90 Å². The van der Waals surface area contributed by atoms with Gasteiger partial charge in [-0.25, -0.2) is 4.79 Å². The lowest BCUT2D eigenvalue weighted by molar-refractivity contribution is -0.131. The molecule has 4 heteroatoms. The highest BCUT2D eigenvalue weighted by molar-refractivity contribution is 6.18. The van der Waals surface area contributed by atoms with Crippen LogP contribution in [-0.4, -0.2) is 28.2 Å². The van der Waals surface area contributed by atoms with E-state index in [1.165, 1.54) is 6.08 Å². The minimum Gasteiger partial charge on any atom is -0.478 e. The van der Waals surface area contributed by atoms with Crippen LogP contribution in [0.1, 0.15) is 5.56 Å². The summed E-state index contributed by atoms with van der Waals surface area (Å²) in [5.74, 6) is -1.22. The molecule has 0 radical (unpaired) electrons. The van der Waals surface area contributed by atoms with Gasteiger partial charge in [0.1, 0.15) is 0 Å². The summed E-state index contributed by atoms with van der Waals surface area (Å²) >= 11 is 5.60. The van der Waals surface area contributed by atoms with Gasteiger partial charge in [0.15, 0.2) is 0 Å². The number of aliphatic carboxylic acids is 1. The molecule has 0 amide bonds. The largest absolute Gasteiger partial charge is 0.478 e. The van der Waals surface area contributed by atoms with E-state index in [0.717, 1.165) is 11.6 Å². The van der Waals surface area contributed by atoms with Crippen molar-refractivity contribution in [2.24, 2.45) is 5.92 Å². The normalized spacial score (nSPS) is 14.7. The Kier molecular flexibility index (Phi) is 5.73. The third kappa shape index (κ3) is 5.02. The first-order valence-corrected chi connectivity index (χ1v) is 5.86. The molecule has 0 fully saturated rings. The number of carboxylic acids is 1. The zero-order valence-electron chi connectivity index (χ0n) is 9.29. The summed E-state index contributed by atoms with van der Waals surface area (Å²) in [6.07, 6.45) is 2.36. The molecule has 92 valence electrons. The Morgan fingerprint density at radius 2 is 2.00 bits per heavy atom. The van der Waals surface area contributed by atoms with Crippen LogP contribution in [0.5, 0.6) is 0 Å². The van der Waals surface area contributed by atoms with Crippen molar-refractivity contribution in [1.29, 1.82) is 0 Å². The topological polar surface area (TPSA) is 57.5 Å². The number of aliphatic hydroxyl groups is 1. The Labute approximate surface area is 105 Å². The summed E-state index contributed by atoms with van der Waals surface area (Å²) in [5.41, 5.74) is 1.04. The first kappa shape index (κ1) is 13.7. The van der Waals surface area contributed by atoms with Crippen molar-refractivity contribution in [3.63, 3.8) is 0 Å². The molecule has 0 heterocycles. The van der Waals surface area contributed by atoms with E-state index in [0.29, 0.717) is 6.42 Å². The van der Waals surface area contributed by atoms with E-state index in [-0.39, 0.29) is 11.8 Å². The van der Waals surface area contributed by atoms with Crippen molar-refractivity contribution in [2.75, 3.05) is 5.88 Å². The summed E-state index contributed by atoms with van der Waals surface area (Å²) in [5, 5.41) is 18.3. The van der Waals surface area contributed by atoms with E-state index in [1.54, 1.807) is 0 Å². The number of carbonyl (C=O) groups is 1. The minimum atomic E-state index is -1.02. The van der Waals surface area contributed by atoms with Crippen molar-refractivity contribution in [3.05, 3.63) is 48.0 Å². The molecular weight excluding hydrogens is 240 g/mol. The van der Waals surface area contributed by atoms with Crippen LogP contribution in [-0.2, 0) is 11.2 Å². The first-order chi connectivity index (χ1) is 8.13. The average molecular weight is 255 g/mol. The molecule has 1 aromatic carbocycles. The zero-order chi connectivity index (χ0) is 12.7. The molecule has 3 nitrogen and oxygen atoms in total. The fourth-order valence-corrected chi connectivity index (χ4v) is 1.77. The van der Waals surface area contributed by atoms with Crippen molar-refractivity contribution >= 4 is 17.6 Å². The molecule has 1 aromatic rings. The van der Waals surface area contributed by atoms with Crippen molar-refractivity contribution in [1.82, 2.24) is 0 Å². The number of carboxylic acid groups (broad SMARTS) is 1. The van der Waals surface area contributed by atoms with Crippen molar-refractivity contribution < 1.29 is 15.0 Å². The Hall–Kier alpha value is -1.32. The van der Waals surface area contributed by atoms with E-state index < -0.39 is 12.1 Å². The zero-order valence-corrected chi connectivity index (χ0v) is 10.0. The summed E-state index contributed by atoms with van der Waals surface area (Å²) in [6, 6.07) is 9.58. The lowest BCUT2D eigenvalue weighted by atomic mass is 9.94. The molecule has 17 heavy (non-hydrogen) atoms. The minimum absolute atomic E-state index is 0.0848. The fourth-order valence-electron chi connectivity index (χ4n) is 1.54. The Morgan fingerprint density at radius 1 is 1.35 bits per heavy atom. The molecule has 2 atom stereocenters. The molecule has 2 unspecified atom stereocenters. The highest BCUT2D eigenvalue weighted by Gasteiger charge is 2.16. The highest BCUT2D eigenvalue weighted by Crippen LogP contribution is 2.15. The quantitative estimate of drug-likeness (QED) is 0.604. The van der Waals surface area contributed by atoms with Crippen LogP contribution in [0, 0.1) is 5.92 Å². The van der Waals surface area contributed by atoms with Gasteiger partial charge in [-0.15, -0.1) is 11.6 Å². The smallest absolute Gasteiger partial charge is 0.327 e. The highest BCUT2D eigenvalue weighted by atomic mass is 35.5. The van der Waals surface area contributed by atoms with Gasteiger partial charge in [-0.1, -0.05) is 36.4 Å². The van der Waals surface area contributed by atoms with E-state index >= 15 is 0 Å². The molecule has 0 spiro atoms. The van der Waals surface area contributed by atoms with Crippen molar-refractivity contribution in [2.45, 2.75) is 12.5 Å². The Balaban J connectivity index is 2.74. The molecular formula is C13H15ClO3. The van der Waals surface area contributed by atoms with Gasteiger partial charge in [0.2, 0.25) is 0 Å².